The Bertz CT molecular complexity index is 416. The number of anilines is 1. The van der Waals surface area contributed by atoms with Crippen molar-refractivity contribution in [2.75, 3.05) is 24.5 Å². The van der Waals surface area contributed by atoms with E-state index in [0.29, 0.717) is 6.04 Å². The van der Waals surface area contributed by atoms with Crippen LogP contribution < -0.4 is 10.2 Å². The summed E-state index contributed by atoms with van der Waals surface area (Å²) >= 11 is 0. The van der Waals surface area contributed by atoms with Crippen molar-refractivity contribution in [3.8, 4) is 0 Å². The first kappa shape index (κ1) is 14.3. The van der Waals surface area contributed by atoms with Crippen LogP contribution >= 0.6 is 0 Å². The third-order valence-corrected chi connectivity index (χ3v) is 4.30. The van der Waals surface area contributed by atoms with Crippen LogP contribution in [-0.4, -0.2) is 30.7 Å². The summed E-state index contributed by atoms with van der Waals surface area (Å²) in [7, 11) is 0. The van der Waals surface area contributed by atoms with E-state index < -0.39 is 0 Å². The zero-order chi connectivity index (χ0) is 13.8. The molecule has 0 spiro atoms. The largest absolute Gasteiger partial charge is 0.368 e. The van der Waals surface area contributed by atoms with Crippen molar-refractivity contribution in [3.63, 3.8) is 0 Å². The van der Waals surface area contributed by atoms with Gasteiger partial charge in [-0.3, -0.25) is 4.98 Å². The predicted octanol–water partition coefficient (Wildman–Crippen LogP) is 2.91. The number of rotatable bonds is 3. The van der Waals surface area contributed by atoms with Gasteiger partial charge in [0.15, 0.2) is 0 Å². The molecule has 0 amide bonds. The van der Waals surface area contributed by atoms with Crippen molar-refractivity contribution in [2.24, 2.45) is 5.92 Å². The summed E-state index contributed by atoms with van der Waals surface area (Å²) in [6.07, 6.45) is 2.44. The molecule has 0 radical (unpaired) electrons. The molecule has 3 heteroatoms. The average Bonchev–Trinajstić information content (AvgIpc) is 2.63. The molecular formula is C16H27N3. The van der Waals surface area contributed by atoms with E-state index in [-0.39, 0.29) is 0 Å². The second kappa shape index (κ2) is 6.38. The van der Waals surface area contributed by atoms with Gasteiger partial charge in [0.1, 0.15) is 0 Å². The van der Waals surface area contributed by atoms with Crippen LogP contribution in [0.25, 0.3) is 0 Å². The lowest BCUT2D eigenvalue weighted by Gasteiger charge is -2.30. The van der Waals surface area contributed by atoms with E-state index in [1.807, 2.05) is 0 Å². The Labute approximate surface area is 117 Å². The molecule has 2 atom stereocenters. The monoisotopic (exact) mass is 261 g/mol. The zero-order valence-corrected chi connectivity index (χ0v) is 12.7. The molecule has 1 aromatic rings. The van der Waals surface area contributed by atoms with E-state index in [0.717, 1.165) is 36.9 Å². The topological polar surface area (TPSA) is 28.2 Å². The van der Waals surface area contributed by atoms with Gasteiger partial charge in [0, 0.05) is 24.8 Å². The lowest BCUT2D eigenvalue weighted by Crippen LogP contribution is -2.42. The number of hydrogen-bond acceptors (Lipinski definition) is 3. The van der Waals surface area contributed by atoms with E-state index in [1.165, 1.54) is 18.5 Å². The number of nitrogens with one attached hydrogen (secondary N) is 1. The standard InChI is InChI=1S/C16H27N3/c1-5-12(2)15-11-19(10-6-9-17-15)16-8-7-13(3)18-14(16)4/h7-8,12,15,17H,5-6,9-11H2,1-4H3. The highest BCUT2D eigenvalue weighted by Crippen LogP contribution is 2.22. The second-order valence-corrected chi connectivity index (χ2v) is 5.80. The van der Waals surface area contributed by atoms with E-state index in [9.17, 15) is 0 Å². The molecule has 1 N–H and O–H groups in total. The van der Waals surface area contributed by atoms with Gasteiger partial charge in [-0.1, -0.05) is 20.3 Å². The highest BCUT2D eigenvalue weighted by atomic mass is 15.2. The fourth-order valence-electron chi connectivity index (χ4n) is 2.85. The first-order chi connectivity index (χ1) is 9.11. The van der Waals surface area contributed by atoms with E-state index >= 15 is 0 Å². The Balaban J connectivity index is 2.17. The zero-order valence-electron chi connectivity index (χ0n) is 12.7. The van der Waals surface area contributed by atoms with Gasteiger partial charge in [-0.05, 0) is 44.9 Å². The minimum Gasteiger partial charge on any atom is -0.368 e. The van der Waals surface area contributed by atoms with Crippen LogP contribution in [0, 0.1) is 19.8 Å². The summed E-state index contributed by atoms with van der Waals surface area (Å²) in [6, 6.07) is 4.95. The molecule has 0 aromatic carbocycles. The highest BCUT2D eigenvalue weighted by molar-refractivity contribution is 5.51. The van der Waals surface area contributed by atoms with Crippen LogP contribution in [-0.2, 0) is 0 Å². The van der Waals surface area contributed by atoms with E-state index in [4.69, 9.17) is 0 Å². The molecule has 0 aliphatic carbocycles. The number of nitrogens with zero attached hydrogens (tertiary/aromatic N) is 2. The summed E-state index contributed by atoms with van der Waals surface area (Å²) in [5, 5.41) is 3.70. The van der Waals surface area contributed by atoms with Crippen molar-refractivity contribution in [2.45, 2.75) is 46.6 Å². The molecule has 1 fully saturated rings. The smallest absolute Gasteiger partial charge is 0.0608 e. The summed E-state index contributed by atoms with van der Waals surface area (Å²) in [4.78, 5) is 7.12. The third-order valence-electron chi connectivity index (χ3n) is 4.30. The molecule has 2 rings (SSSR count). The maximum absolute atomic E-state index is 4.61. The summed E-state index contributed by atoms with van der Waals surface area (Å²) in [5.41, 5.74) is 3.57. The molecule has 1 aliphatic rings. The molecular weight excluding hydrogens is 234 g/mol. The van der Waals surface area contributed by atoms with Gasteiger partial charge in [-0.15, -0.1) is 0 Å². The molecule has 1 aliphatic heterocycles. The summed E-state index contributed by atoms with van der Waals surface area (Å²) in [5.74, 6) is 0.722. The predicted molar refractivity (Wildman–Crippen MR) is 81.8 cm³/mol. The molecule has 106 valence electrons. The van der Waals surface area contributed by atoms with Crippen LogP contribution in [0.15, 0.2) is 12.1 Å². The average molecular weight is 261 g/mol. The SMILES string of the molecule is CCC(C)C1CN(c2ccc(C)nc2C)CCCN1. The molecule has 0 bridgehead atoms. The minimum absolute atomic E-state index is 0.591. The quantitative estimate of drug-likeness (QED) is 0.907. The van der Waals surface area contributed by atoms with Gasteiger partial charge < -0.3 is 10.2 Å². The minimum atomic E-state index is 0.591. The van der Waals surface area contributed by atoms with Crippen LogP contribution in [0.1, 0.15) is 38.1 Å². The van der Waals surface area contributed by atoms with Crippen LogP contribution in [0.4, 0.5) is 5.69 Å². The van der Waals surface area contributed by atoms with Crippen molar-refractivity contribution in [1.82, 2.24) is 10.3 Å². The van der Waals surface area contributed by atoms with Crippen molar-refractivity contribution < 1.29 is 0 Å². The second-order valence-electron chi connectivity index (χ2n) is 5.80. The number of hydrogen-bond donors (Lipinski definition) is 1. The first-order valence-electron chi connectivity index (χ1n) is 7.54. The highest BCUT2D eigenvalue weighted by Gasteiger charge is 2.22. The normalized spacial score (nSPS) is 22.1. The third kappa shape index (κ3) is 3.47. The fourth-order valence-corrected chi connectivity index (χ4v) is 2.85. The molecule has 2 unspecified atom stereocenters. The van der Waals surface area contributed by atoms with Crippen LogP contribution in [0.2, 0.25) is 0 Å². The Morgan fingerprint density at radius 3 is 2.89 bits per heavy atom. The first-order valence-corrected chi connectivity index (χ1v) is 7.54. The van der Waals surface area contributed by atoms with Crippen molar-refractivity contribution in [3.05, 3.63) is 23.5 Å². The van der Waals surface area contributed by atoms with Gasteiger partial charge in [0.05, 0.1) is 11.4 Å². The van der Waals surface area contributed by atoms with Gasteiger partial charge in [-0.2, -0.15) is 0 Å². The molecule has 1 aromatic heterocycles. The lowest BCUT2D eigenvalue weighted by molar-refractivity contribution is 0.384. The molecule has 2 heterocycles. The van der Waals surface area contributed by atoms with Crippen molar-refractivity contribution >= 4 is 5.69 Å². The molecule has 3 nitrogen and oxygen atoms in total. The lowest BCUT2D eigenvalue weighted by atomic mass is 9.99. The van der Waals surface area contributed by atoms with Crippen LogP contribution in [0.5, 0.6) is 0 Å². The maximum Gasteiger partial charge on any atom is 0.0608 e. The van der Waals surface area contributed by atoms with Crippen LogP contribution in [0.3, 0.4) is 0 Å². The van der Waals surface area contributed by atoms with Gasteiger partial charge in [0.25, 0.3) is 0 Å². The van der Waals surface area contributed by atoms with Gasteiger partial charge >= 0.3 is 0 Å². The Kier molecular flexibility index (Phi) is 4.81. The Morgan fingerprint density at radius 1 is 1.42 bits per heavy atom. The molecule has 0 saturated carbocycles. The molecule has 1 saturated heterocycles. The number of pyridine rings is 1. The van der Waals surface area contributed by atoms with Gasteiger partial charge in [-0.25, -0.2) is 0 Å². The number of aryl methyl sites for hydroxylation is 2. The maximum atomic E-state index is 4.61. The van der Waals surface area contributed by atoms with E-state index in [1.54, 1.807) is 0 Å². The van der Waals surface area contributed by atoms with Gasteiger partial charge in [0.2, 0.25) is 0 Å². The Morgan fingerprint density at radius 2 is 2.21 bits per heavy atom. The van der Waals surface area contributed by atoms with Crippen molar-refractivity contribution in [1.29, 1.82) is 0 Å². The number of aromatic nitrogens is 1. The van der Waals surface area contributed by atoms with E-state index in [2.05, 4.69) is 55.0 Å². The Hall–Kier alpha value is -1.09. The molecule has 19 heavy (non-hydrogen) atoms. The summed E-state index contributed by atoms with van der Waals surface area (Å²) in [6.45, 7) is 12.2. The fraction of sp³-hybridized carbons (Fsp3) is 0.688. The summed E-state index contributed by atoms with van der Waals surface area (Å²) < 4.78 is 0.